The summed E-state index contributed by atoms with van der Waals surface area (Å²) < 4.78 is 0. The molecule has 5 nitrogen and oxygen atoms in total. The highest BCUT2D eigenvalue weighted by Crippen LogP contribution is 2.28. The lowest BCUT2D eigenvalue weighted by Gasteiger charge is -2.37. The summed E-state index contributed by atoms with van der Waals surface area (Å²) in [5.41, 5.74) is 7.48. The molecule has 2 N–H and O–H groups in total. The Kier molecular flexibility index (Phi) is 4.94. The van der Waals surface area contributed by atoms with Crippen LogP contribution < -0.4 is 15.8 Å². The molecule has 25 heavy (non-hydrogen) atoms. The number of carbonyl (C=O) groups is 1. The Morgan fingerprint density at radius 2 is 1.88 bits per heavy atom. The second kappa shape index (κ2) is 7.33. The second-order valence-corrected chi connectivity index (χ2v) is 7.80. The van der Waals surface area contributed by atoms with Gasteiger partial charge in [-0.3, -0.25) is 4.79 Å². The minimum atomic E-state index is -0.154. The molecule has 0 saturated carbocycles. The van der Waals surface area contributed by atoms with Crippen molar-refractivity contribution in [2.24, 2.45) is 0 Å². The molecule has 1 amide bonds. The van der Waals surface area contributed by atoms with E-state index in [0.717, 1.165) is 43.3 Å². The maximum Gasteiger partial charge on any atom is 0.241 e. The molecule has 2 aliphatic heterocycles. The Morgan fingerprint density at radius 3 is 2.60 bits per heavy atom. The predicted molar refractivity (Wildman–Crippen MR) is 102 cm³/mol. The standard InChI is InChI=1S/C18H21ClN4OS/c19-13-4-1-2-5-16(13)22-7-9-23(10-8-22)18(24)15-12-14(20-21-15)17-6-3-11-25-17/h1-6,11,14-15,20-21H,7-10,12H2. The van der Waals surface area contributed by atoms with Crippen molar-refractivity contribution in [3.05, 3.63) is 51.7 Å². The van der Waals surface area contributed by atoms with Crippen LogP contribution in [0, 0.1) is 0 Å². The molecule has 1 aromatic carbocycles. The van der Waals surface area contributed by atoms with Gasteiger partial charge in [-0.05, 0) is 30.0 Å². The van der Waals surface area contributed by atoms with Gasteiger partial charge in [0.15, 0.2) is 0 Å². The second-order valence-electron chi connectivity index (χ2n) is 6.41. The topological polar surface area (TPSA) is 47.6 Å². The summed E-state index contributed by atoms with van der Waals surface area (Å²) in [5, 5.41) is 2.84. The molecule has 0 radical (unpaired) electrons. The molecule has 7 heteroatoms. The number of para-hydroxylation sites is 1. The predicted octanol–water partition coefficient (Wildman–Crippen LogP) is 2.66. The smallest absolute Gasteiger partial charge is 0.241 e. The van der Waals surface area contributed by atoms with Crippen LogP contribution >= 0.6 is 22.9 Å². The number of carbonyl (C=O) groups excluding carboxylic acids is 1. The van der Waals surface area contributed by atoms with E-state index < -0.39 is 0 Å². The Balaban J connectivity index is 1.33. The third-order valence-corrected chi connectivity index (χ3v) is 6.18. The zero-order valence-electron chi connectivity index (χ0n) is 13.8. The molecule has 0 bridgehead atoms. The van der Waals surface area contributed by atoms with E-state index in [2.05, 4.69) is 27.2 Å². The number of hydrogen-bond donors (Lipinski definition) is 2. The number of amides is 1. The number of hydrazine groups is 1. The van der Waals surface area contributed by atoms with E-state index in [1.807, 2.05) is 35.2 Å². The summed E-state index contributed by atoms with van der Waals surface area (Å²) in [6.45, 7) is 3.08. The van der Waals surface area contributed by atoms with E-state index in [1.165, 1.54) is 4.88 Å². The van der Waals surface area contributed by atoms with Crippen LogP contribution in [0.3, 0.4) is 0 Å². The molecule has 3 heterocycles. The summed E-state index contributed by atoms with van der Waals surface area (Å²) in [6.07, 6.45) is 0.796. The molecule has 0 aliphatic carbocycles. The zero-order valence-corrected chi connectivity index (χ0v) is 15.4. The lowest BCUT2D eigenvalue weighted by molar-refractivity contribution is -0.133. The van der Waals surface area contributed by atoms with Crippen LogP contribution in [0.15, 0.2) is 41.8 Å². The van der Waals surface area contributed by atoms with Gasteiger partial charge in [0, 0.05) is 31.1 Å². The zero-order chi connectivity index (χ0) is 17.2. The van der Waals surface area contributed by atoms with Crippen LogP contribution in [0.25, 0.3) is 0 Å². The lowest BCUT2D eigenvalue weighted by Crippen LogP contribution is -2.53. The first-order chi connectivity index (χ1) is 12.2. The SMILES string of the molecule is O=C(C1CC(c2cccs2)NN1)N1CCN(c2ccccc2Cl)CC1. The maximum atomic E-state index is 12.8. The number of thiophene rings is 1. The monoisotopic (exact) mass is 376 g/mol. The van der Waals surface area contributed by atoms with Crippen LogP contribution in [-0.4, -0.2) is 43.0 Å². The first-order valence-electron chi connectivity index (χ1n) is 8.55. The van der Waals surface area contributed by atoms with Gasteiger partial charge < -0.3 is 9.80 Å². The number of piperazine rings is 1. The summed E-state index contributed by atoms with van der Waals surface area (Å²) >= 11 is 8.01. The number of benzene rings is 1. The Bertz CT molecular complexity index is 730. The van der Waals surface area contributed by atoms with Crippen LogP contribution in [0.2, 0.25) is 5.02 Å². The largest absolute Gasteiger partial charge is 0.367 e. The van der Waals surface area contributed by atoms with Crippen molar-refractivity contribution in [3.63, 3.8) is 0 Å². The van der Waals surface area contributed by atoms with Crippen LogP contribution in [0.1, 0.15) is 17.3 Å². The van der Waals surface area contributed by atoms with E-state index >= 15 is 0 Å². The first kappa shape index (κ1) is 16.8. The lowest BCUT2D eigenvalue weighted by atomic mass is 10.1. The van der Waals surface area contributed by atoms with Gasteiger partial charge in [0.2, 0.25) is 5.91 Å². The summed E-state index contributed by atoms with van der Waals surface area (Å²) in [4.78, 5) is 18.3. The molecule has 2 aromatic rings. The summed E-state index contributed by atoms with van der Waals surface area (Å²) in [5.74, 6) is 0.186. The van der Waals surface area contributed by atoms with E-state index in [0.29, 0.717) is 0 Å². The molecule has 4 rings (SSSR count). The Labute approximate surface area is 156 Å². The highest BCUT2D eigenvalue weighted by molar-refractivity contribution is 7.10. The number of nitrogens with one attached hydrogen (secondary N) is 2. The molecule has 0 spiro atoms. The van der Waals surface area contributed by atoms with Gasteiger partial charge in [-0.1, -0.05) is 29.8 Å². The van der Waals surface area contributed by atoms with E-state index in [-0.39, 0.29) is 18.0 Å². The molecular formula is C18H21ClN4OS. The number of anilines is 1. The van der Waals surface area contributed by atoms with Gasteiger partial charge >= 0.3 is 0 Å². The number of nitrogens with zero attached hydrogens (tertiary/aromatic N) is 2. The number of rotatable bonds is 3. The quantitative estimate of drug-likeness (QED) is 0.864. The van der Waals surface area contributed by atoms with Crippen LogP contribution in [0.5, 0.6) is 0 Å². The van der Waals surface area contributed by atoms with E-state index in [4.69, 9.17) is 11.6 Å². The molecule has 2 aliphatic rings. The summed E-state index contributed by atoms with van der Waals surface area (Å²) in [7, 11) is 0. The molecule has 2 atom stereocenters. The van der Waals surface area contributed by atoms with Gasteiger partial charge in [-0.25, -0.2) is 10.9 Å². The van der Waals surface area contributed by atoms with Crippen molar-refractivity contribution < 1.29 is 4.79 Å². The number of halogens is 1. The molecule has 1 aromatic heterocycles. The average molecular weight is 377 g/mol. The third kappa shape index (κ3) is 3.53. The van der Waals surface area contributed by atoms with E-state index in [9.17, 15) is 4.79 Å². The molecule has 2 unspecified atom stereocenters. The third-order valence-electron chi connectivity index (χ3n) is 4.87. The number of hydrogen-bond acceptors (Lipinski definition) is 5. The Morgan fingerprint density at radius 1 is 1.08 bits per heavy atom. The van der Waals surface area contributed by atoms with Gasteiger partial charge in [-0.2, -0.15) is 0 Å². The fraction of sp³-hybridized carbons (Fsp3) is 0.389. The minimum absolute atomic E-state index is 0.154. The fourth-order valence-corrected chi connectivity index (χ4v) is 4.54. The highest BCUT2D eigenvalue weighted by Gasteiger charge is 2.34. The maximum absolute atomic E-state index is 12.8. The van der Waals surface area contributed by atoms with Crippen molar-refractivity contribution in [2.45, 2.75) is 18.5 Å². The van der Waals surface area contributed by atoms with E-state index in [1.54, 1.807) is 11.3 Å². The minimum Gasteiger partial charge on any atom is -0.367 e. The first-order valence-corrected chi connectivity index (χ1v) is 9.81. The average Bonchev–Trinajstić information content (AvgIpc) is 3.33. The molecule has 132 valence electrons. The van der Waals surface area contributed by atoms with Gasteiger partial charge in [0.1, 0.15) is 6.04 Å². The van der Waals surface area contributed by atoms with Gasteiger partial charge in [-0.15, -0.1) is 11.3 Å². The van der Waals surface area contributed by atoms with Crippen molar-refractivity contribution in [1.29, 1.82) is 0 Å². The van der Waals surface area contributed by atoms with Crippen molar-refractivity contribution in [2.75, 3.05) is 31.1 Å². The molecule has 2 fully saturated rings. The van der Waals surface area contributed by atoms with Crippen LogP contribution in [0.4, 0.5) is 5.69 Å². The molecule has 2 saturated heterocycles. The fourth-order valence-electron chi connectivity index (χ4n) is 3.49. The Hall–Kier alpha value is -1.60. The normalized spacial score (nSPS) is 23.9. The van der Waals surface area contributed by atoms with Crippen molar-refractivity contribution >= 4 is 34.5 Å². The highest BCUT2D eigenvalue weighted by atomic mass is 35.5. The van der Waals surface area contributed by atoms with Crippen molar-refractivity contribution in [1.82, 2.24) is 15.8 Å². The van der Waals surface area contributed by atoms with Crippen LogP contribution in [-0.2, 0) is 4.79 Å². The van der Waals surface area contributed by atoms with Crippen molar-refractivity contribution in [3.8, 4) is 0 Å². The van der Waals surface area contributed by atoms with Gasteiger partial charge in [0.05, 0.1) is 16.8 Å². The summed E-state index contributed by atoms with van der Waals surface area (Å²) in [6, 6.07) is 12.1. The van der Waals surface area contributed by atoms with Gasteiger partial charge in [0.25, 0.3) is 0 Å². The molecular weight excluding hydrogens is 356 g/mol.